The second-order valence-electron chi connectivity index (χ2n) is 6.53. The molecule has 4 nitrogen and oxygen atoms in total. The number of hydrogen-bond donors (Lipinski definition) is 0. The predicted molar refractivity (Wildman–Crippen MR) is 100 cm³/mol. The van der Waals surface area contributed by atoms with E-state index in [1.165, 1.54) is 12.0 Å². The molecule has 0 aliphatic carbocycles. The number of amides is 1. The maximum absolute atomic E-state index is 13.5. The molecule has 146 valence electrons. The molecule has 0 radical (unpaired) electrons. The molecule has 1 heterocycles. The number of halogens is 3. The fourth-order valence-electron chi connectivity index (χ4n) is 3.49. The van der Waals surface area contributed by atoms with Gasteiger partial charge >= 0.3 is 5.97 Å². The van der Waals surface area contributed by atoms with Crippen molar-refractivity contribution < 1.29 is 23.1 Å². The summed E-state index contributed by atoms with van der Waals surface area (Å²) in [6, 6.07) is 10.1. The number of carbonyl (C=O) groups excluding carboxylic acids is 2. The van der Waals surface area contributed by atoms with Crippen molar-refractivity contribution in [3.05, 3.63) is 81.5 Å². The lowest BCUT2D eigenvalue weighted by Crippen LogP contribution is -2.38. The molecule has 1 atom stereocenters. The van der Waals surface area contributed by atoms with E-state index in [1.807, 2.05) is 0 Å². The van der Waals surface area contributed by atoms with E-state index in [9.17, 15) is 18.4 Å². The van der Waals surface area contributed by atoms with Crippen LogP contribution in [0.2, 0.25) is 5.02 Å². The largest absolute Gasteiger partial charge is 0.466 e. The van der Waals surface area contributed by atoms with Gasteiger partial charge in [0.1, 0.15) is 11.6 Å². The third kappa shape index (κ3) is 3.92. The number of nitrogens with zero attached hydrogens (tertiary/aromatic N) is 1. The van der Waals surface area contributed by atoms with Crippen molar-refractivity contribution in [2.24, 2.45) is 0 Å². The second kappa shape index (κ2) is 8.10. The summed E-state index contributed by atoms with van der Waals surface area (Å²) in [6.07, 6.45) is -0.0106. The minimum absolute atomic E-state index is 0.0106. The van der Waals surface area contributed by atoms with Crippen LogP contribution in [0.1, 0.15) is 30.4 Å². The van der Waals surface area contributed by atoms with Crippen LogP contribution >= 0.6 is 11.6 Å². The second-order valence-corrected chi connectivity index (χ2v) is 6.93. The lowest BCUT2D eigenvalue weighted by atomic mass is 9.83. The van der Waals surface area contributed by atoms with Gasteiger partial charge < -0.3 is 9.64 Å². The number of hydrogen-bond acceptors (Lipinski definition) is 3. The van der Waals surface area contributed by atoms with Crippen LogP contribution in [0, 0.1) is 11.6 Å². The van der Waals surface area contributed by atoms with Crippen molar-refractivity contribution in [1.82, 2.24) is 4.90 Å². The zero-order valence-electron chi connectivity index (χ0n) is 15.3. The molecule has 0 saturated heterocycles. The average molecular weight is 406 g/mol. The van der Waals surface area contributed by atoms with Crippen LogP contribution in [0.3, 0.4) is 0 Å². The van der Waals surface area contributed by atoms with E-state index in [0.29, 0.717) is 21.9 Å². The van der Waals surface area contributed by atoms with E-state index in [1.54, 1.807) is 31.2 Å². The highest BCUT2D eigenvalue weighted by Crippen LogP contribution is 2.40. The van der Waals surface area contributed by atoms with Crippen molar-refractivity contribution in [3.63, 3.8) is 0 Å². The van der Waals surface area contributed by atoms with E-state index in [0.717, 1.165) is 18.2 Å². The first-order valence-corrected chi connectivity index (χ1v) is 8.98. The summed E-state index contributed by atoms with van der Waals surface area (Å²) in [5, 5.41) is 0.440. The summed E-state index contributed by atoms with van der Waals surface area (Å²) in [6.45, 7) is 1.55. The van der Waals surface area contributed by atoms with E-state index in [2.05, 4.69) is 0 Å². The molecular weight excluding hydrogens is 388 g/mol. The number of methoxy groups -OCH3 is 1. The number of rotatable bonds is 4. The van der Waals surface area contributed by atoms with Crippen LogP contribution < -0.4 is 0 Å². The summed E-state index contributed by atoms with van der Waals surface area (Å²) >= 11 is 6.28. The van der Waals surface area contributed by atoms with Crippen LogP contribution in [0.5, 0.6) is 0 Å². The van der Waals surface area contributed by atoms with Gasteiger partial charge in [0, 0.05) is 29.1 Å². The highest BCUT2D eigenvalue weighted by molar-refractivity contribution is 6.31. The van der Waals surface area contributed by atoms with Crippen molar-refractivity contribution in [2.75, 3.05) is 7.11 Å². The maximum atomic E-state index is 13.5. The third-order valence-electron chi connectivity index (χ3n) is 4.77. The number of allylic oxidation sites excluding steroid dienone is 1. The van der Waals surface area contributed by atoms with Gasteiger partial charge in [-0.25, -0.2) is 13.6 Å². The van der Waals surface area contributed by atoms with E-state index >= 15 is 0 Å². The summed E-state index contributed by atoms with van der Waals surface area (Å²) in [5.41, 5.74) is 1.60. The number of esters is 1. The number of carbonyl (C=O) groups is 2. The lowest BCUT2D eigenvalue weighted by Gasteiger charge is -2.34. The summed E-state index contributed by atoms with van der Waals surface area (Å²) < 4.78 is 32.0. The van der Waals surface area contributed by atoms with Gasteiger partial charge in [0.25, 0.3) is 0 Å². The van der Waals surface area contributed by atoms with Crippen molar-refractivity contribution in [3.8, 4) is 0 Å². The molecule has 0 N–H and O–H groups in total. The molecule has 0 bridgehead atoms. The molecule has 1 amide bonds. The first-order valence-electron chi connectivity index (χ1n) is 8.60. The Hall–Kier alpha value is -2.73. The van der Waals surface area contributed by atoms with E-state index < -0.39 is 23.5 Å². The fraction of sp³-hybridized carbons (Fsp3) is 0.238. The molecule has 7 heteroatoms. The Kier molecular flexibility index (Phi) is 5.79. The number of benzene rings is 2. The van der Waals surface area contributed by atoms with Gasteiger partial charge in [0.2, 0.25) is 5.91 Å². The normalized spacial score (nSPS) is 17.1. The van der Waals surface area contributed by atoms with Crippen LogP contribution in [0.25, 0.3) is 0 Å². The van der Waals surface area contributed by atoms with Gasteiger partial charge in [-0.2, -0.15) is 0 Å². The van der Waals surface area contributed by atoms with Crippen LogP contribution in [-0.2, 0) is 20.9 Å². The molecule has 1 unspecified atom stereocenters. The first kappa shape index (κ1) is 20.0. The topological polar surface area (TPSA) is 46.6 Å². The smallest absolute Gasteiger partial charge is 0.336 e. The lowest BCUT2D eigenvalue weighted by molar-refractivity contribution is -0.138. The van der Waals surface area contributed by atoms with Gasteiger partial charge in [-0.15, -0.1) is 0 Å². The van der Waals surface area contributed by atoms with Gasteiger partial charge in [0.15, 0.2) is 0 Å². The Morgan fingerprint density at radius 3 is 2.46 bits per heavy atom. The molecule has 0 aromatic heterocycles. The van der Waals surface area contributed by atoms with Crippen LogP contribution in [0.15, 0.2) is 53.7 Å². The van der Waals surface area contributed by atoms with Gasteiger partial charge in [-0.05, 0) is 36.2 Å². The first-order chi connectivity index (χ1) is 13.3. The Balaban J connectivity index is 2.06. The molecule has 1 aliphatic rings. The summed E-state index contributed by atoms with van der Waals surface area (Å²) in [4.78, 5) is 26.7. The molecule has 0 fully saturated rings. The fourth-order valence-corrected chi connectivity index (χ4v) is 3.75. The molecular formula is C21H18ClF2NO3. The summed E-state index contributed by atoms with van der Waals surface area (Å²) in [7, 11) is 1.26. The highest BCUT2D eigenvalue weighted by Gasteiger charge is 2.37. The quantitative estimate of drug-likeness (QED) is 0.699. The molecule has 2 aromatic carbocycles. The van der Waals surface area contributed by atoms with Crippen molar-refractivity contribution in [2.45, 2.75) is 25.8 Å². The Bertz CT molecular complexity index is 954. The predicted octanol–water partition coefficient (Wildman–Crippen LogP) is 4.58. The molecule has 0 spiro atoms. The zero-order valence-corrected chi connectivity index (χ0v) is 16.1. The Morgan fingerprint density at radius 1 is 1.21 bits per heavy atom. The Morgan fingerprint density at radius 2 is 1.86 bits per heavy atom. The molecule has 1 aliphatic heterocycles. The van der Waals surface area contributed by atoms with Crippen molar-refractivity contribution in [1.29, 1.82) is 0 Å². The van der Waals surface area contributed by atoms with Gasteiger partial charge in [-0.3, -0.25) is 4.79 Å². The molecule has 3 rings (SSSR count). The molecule has 2 aromatic rings. The van der Waals surface area contributed by atoms with Crippen LogP contribution in [-0.4, -0.2) is 23.9 Å². The van der Waals surface area contributed by atoms with E-state index in [4.69, 9.17) is 16.3 Å². The highest BCUT2D eigenvalue weighted by atomic mass is 35.5. The minimum Gasteiger partial charge on any atom is -0.466 e. The SMILES string of the molecule is COC(=O)C1=C(C)N(Cc2cc(F)cc(F)c2)C(=O)CC1c1ccccc1Cl. The Labute approximate surface area is 166 Å². The average Bonchev–Trinajstić information content (AvgIpc) is 2.64. The molecule has 28 heavy (non-hydrogen) atoms. The standard InChI is InChI=1S/C21H18ClF2NO3/c1-12-20(21(27)28-2)17(16-5-3-4-6-18(16)22)10-19(26)25(12)11-13-7-14(23)9-15(24)8-13/h3-9,17H,10-11H2,1-2H3. The minimum atomic E-state index is -0.733. The number of ether oxygens (including phenoxy) is 1. The van der Waals surface area contributed by atoms with Crippen molar-refractivity contribution >= 4 is 23.5 Å². The summed E-state index contributed by atoms with van der Waals surface area (Å²) in [5.74, 6) is -2.88. The van der Waals surface area contributed by atoms with Gasteiger partial charge in [-0.1, -0.05) is 29.8 Å². The zero-order chi connectivity index (χ0) is 20.4. The molecule has 0 saturated carbocycles. The monoisotopic (exact) mass is 405 g/mol. The maximum Gasteiger partial charge on any atom is 0.336 e. The van der Waals surface area contributed by atoms with Gasteiger partial charge in [0.05, 0.1) is 19.2 Å². The van der Waals surface area contributed by atoms with Crippen LogP contribution in [0.4, 0.5) is 8.78 Å². The van der Waals surface area contributed by atoms with E-state index in [-0.39, 0.29) is 24.4 Å². The third-order valence-corrected chi connectivity index (χ3v) is 5.12.